The van der Waals surface area contributed by atoms with Crippen LogP contribution >= 0.6 is 0 Å². The molecule has 1 spiro atoms. The van der Waals surface area contributed by atoms with E-state index in [4.69, 9.17) is 4.74 Å². The molecule has 3 fully saturated rings. The molecule has 4 atom stereocenters. The molecule has 116 valence electrons. The maximum atomic E-state index is 6.48. The standard InChI is InChI=1S/C18H33NO/c1-3-15-7-8-17(14(15)2)19-13-16-9-12-18(20-16)10-5-4-6-11-18/h14-17,19H,3-13H2,1-2H3. The monoisotopic (exact) mass is 279 g/mol. The lowest BCUT2D eigenvalue weighted by molar-refractivity contribution is -0.0631. The van der Waals surface area contributed by atoms with E-state index in [1.54, 1.807) is 0 Å². The van der Waals surface area contributed by atoms with Gasteiger partial charge in [0.15, 0.2) is 0 Å². The van der Waals surface area contributed by atoms with Crippen molar-refractivity contribution in [2.45, 2.75) is 95.8 Å². The van der Waals surface area contributed by atoms with Crippen molar-refractivity contribution < 1.29 is 4.74 Å². The molecule has 1 N–H and O–H groups in total. The topological polar surface area (TPSA) is 21.3 Å². The fourth-order valence-electron chi connectivity index (χ4n) is 5.00. The molecule has 1 saturated heterocycles. The maximum absolute atomic E-state index is 6.48. The first kappa shape index (κ1) is 14.8. The van der Waals surface area contributed by atoms with Gasteiger partial charge in [-0.15, -0.1) is 0 Å². The van der Waals surface area contributed by atoms with E-state index in [1.165, 1.54) is 64.2 Å². The third-order valence-corrected chi connectivity index (χ3v) is 6.46. The molecule has 2 heteroatoms. The van der Waals surface area contributed by atoms with Crippen LogP contribution in [0.2, 0.25) is 0 Å². The van der Waals surface area contributed by atoms with Crippen molar-refractivity contribution >= 4 is 0 Å². The minimum atomic E-state index is 0.290. The van der Waals surface area contributed by atoms with Gasteiger partial charge >= 0.3 is 0 Å². The smallest absolute Gasteiger partial charge is 0.0708 e. The van der Waals surface area contributed by atoms with Crippen molar-refractivity contribution in [3.8, 4) is 0 Å². The third kappa shape index (κ3) is 3.06. The Hall–Kier alpha value is -0.0800. The van der Waals surface area contributed by atoms with E-state index in [9.17, 15) is 0 Å². The summed E-state index contributed by atoms with van der Waals surface area (Å²) in [6, 6.07) is 0.742. The fourth-order valence-corrected chi connectivity index (χ4v) is 5.00. The maximum Gasteiger partial charge on any atom is 0.0708 e. The third-order valence-electron chi connectivity index (χ3n) is 6.46. The van der Waals surface area contributed by atoms with Crippen LogP contribution in [0.4, 0.5) is 0 Å². The van der Waals surface area contributed by atoms with Gasteiger partial charge in [0.05, 0.1) is 11.7 Å². The van der Waals surface area contributed by atoms with E-state index in [2.05, 4.69) is 19.2 Å². The highest BCUT2D eigenvalue weighted by Gasteiger charge is 2.41. The van der Waals surface area contributed by atoms with Gasteiger partial charge in [0.2, 0.25) is 0 Å². The molecule has 0 amide bonds. The predicted octanol–water partition coefficient (Wildman–Crippen LogP) is 4.28. The second kappa shape index (κ2) is 6.36. The molecule has 1 heterocycles. The summed E-state index contributed by atoms with van der Waals surface area (Å²) >= 11 is 0. The summed E-state index contributed by atoms with van der Waals surface area (Å²) in [5, 5.41) is 3.83. The Morgan fingerprint density at radius 3 is 2.55 bits per heavy atom. The Morgan fingerprint density at radius 1 is 1.05 bits per heavy atom. The Morgan fingerprint density at radius 2 is 1.85 bits per heavy atom. The van der Waals surface area contributed by atoms with E-state index < -0.39 is 0 Å². The average molecular weight is 279 g/mol. The van der Waals surface area contributed by atoms with Gasteiger partial charge in [-0.05, 0) is 50.4 Å². The van der Waals surface area contributed by atoms with Gasteiger partial charge in [0.1, 0.15) is 0 Å². The quantitative estimate of drug-likeness (QED) is 0.829. The largest absolute Gasteiger partial charge is 0.370 e. The normalized spacial score (nSPS) is 40.5. The lowest BCUT2D eigenvalue weighted by atomic mass is 9.83. The zero-order valence-corrected chi connectivity index (χ0v) is 13.5. The van der Waals surface area contributed by atoms with Crippen molar-refractivity contribution in [2.75, 3.05) is 6.54 Å². The molecule has 2 nitrogen and oxygen atoms in total. The molecule has 2 saturated carbocycles. The summed E-state index contributed by atoms with van der Waals surface area (Å²) in [7, 11) is 0. The molecular formula is C18H33NO. The molecule has 3 aliphatic rings. The lowest BCUT2D eigenvalue weighted by Gasteiger charge is -2.33. The van der Waals surface area contributed by atoms with Crippen molar-refractivity contribution in [3.63, 3.8) is 0 Å². The SMILES string of the molecule is CCC1CCC(NCC2CCC3(CCCCC3)O2)C1C. The Bertz CT molecular complexity index is 311. The molecule has 0 aromatic rings. The first-order chi connectivity index (χ1) is 9.72. The van der Waals surface area contributed by atoms with Gasteiger partial charge in [-0.25, -0.2) is 0 Å². The van der Waals surface area contributed by atoms with E-state index in [1.807, 2.05) is 0 Å². The molecule has 0 bridgehead atoms. The van der Waals surface area contributed by atoms with Crippen molar-refractivity contribution in [1.82, 2.24) is 5.32 Å². The Labute approximate surface area is 125 Å². The van der Waals surface area contributed by atoms with Crippen LogP contribution in [0.15, 0.2) is 0 Å². The highest BCUT2D eigenvalue weighted by atomic mass is 16.5. The number of nitrogens with one attached hydrogen (secondary N) is 1. The van der Waals surface area contributed by atoms with Gasteiger partial charge in [0, 0.05) is 12.6 Å². The summed E-state index contributed by atoms with van der Waals surface area (Å²) in [6.45, 7) is 5.88. The molecule has 4 unspecified atom stereocenters. The Kier molecular flexibility index (Phi) is 4.72. The second-order valence-corrected chi connectivity index (χ2v) is 7.64. The summed E-state index contributed by atoms with van der Waals surface area (Å²) in [6.07, 6.45) is 14.1. The predicted molar refractivity (Wildman–Crippen MR) is 83.9 cm³/mol. The van der Waals surface area contributed by atoms with Crippen LogP contribution < -0.4 is 5.32 Å². The van der Waals surface area contributed by atoms with Crippen LogP contribution in [0.5, 0.6) is 0 Å². The van der Waals surface area contributed by atoms with Crippen molar-refractivity contribution in [1.29, 1.82) is 0 Å². The zero-order valence-electron chi connectivity index (χ0n) is 13.5. The second-order valence-electron chi connectivity index (χ2n) is 7.64. The Balaban J connectivity index is 1.44. The van der Waals surface area contributed by atoms with Gasteiger partial charge in [-0.1, -0.05) is 39.5 Å². The average Bonchev–Trinajstić information content (AvgIpc) is 3.02. The number of hydrogen-bond donors (Lipinski definition) is 1. The van der Waals surface area contributed by atoms with E-state index in [-0.39, 0.29) is 5.60 Å². The lowest BCUT2D eigenvalue weighted by Crippen LogP contribution is -2.39. The summed E-state index contributed by atoms with van der Waals surface area (Å²) in [5.74, 6) is 1.80. The van der Waals surface area contributed by atoms with E-state index >= 15 is 0 Å². The molecular weight excluding hydrogens is 246 g/mol. The molecule has 20 heavy (non-hydrogen) atoms. The molecule has 1 aliphatic heterocycles. The molecule has 2 aliphatic carbocycles. The van der Waals surface area contributed by atoms with Crippen LogP contribution in [0.1, 0.15) is 78.1 Å². The van der Waals surface area contributed by atoms with E-state index in [0.29, 0.717) is 6.10 Å². The van der Waals surface area contributed by atoms with Crippen molar-refractivity contribution in [3.05, 3.63) is 0 Å². The summed E-state index contributed by atoms with van der Waals surface area (Å²) in [4.78, 5) is 0. The first-order valence-corrected chi connectivity index (χ1v) is 9.14. The molecule has 0 radical (unpaired) electrons. The molecule has 3 rings (SSSR count). The van der Waals surface area contributed by atoms with Gasteiger partial charge in [-0.3, -0.25) is 0 Å². The number of rotatable bonds is 4. The minimum Gasteiger partial charge on any atom is -0.370 e. The summed E-state index contributed by atoms with van der Waals surface area (Å²) in [5.41, 5.74) is 0.290. The zero-order chi connectivity index (χ0) is 14.0. The van der Waals surface area contributed by atoms with Crippen LogP contribution in [-0.4, -0.2) is 24.3 Å². The first-order valence-electron chi connectivity index (χ1n) is 9.14. The van der Waals surface area contributed by atoms with Gasteiger partial charge in [-0.2, -0.15) is 0 Å². The molecule has 0 aromatic carbocycles. The van der Waals surface area contributed by atoms with Crippen LogP contribution in [0.25, 0.3) is 0 Å². The van der Waals surface area contributed by atoms with Gasteiger partial charge in [0.25, 0.3) is 0 Å². The van der Waals surface area contributed by atoms with Crippen LogP contribution in [0.3, 0.4) is 0 Å². The van der Waals surface area contributed by atoms with Crippen molar-refractivity contribution in [2.24, 2.45) is 11.8 Å². The minimum absolute atomic E-state index is 0.290. The number of ether oxygens (including phenoxy) is 1. The van der Waals surface area contributed by atoms with E-state index in [0.717, 1.165) is 24.4 Å². The fraction of sp³-hybridized carbons (Fsp3) is 1.00. The van der Waals surface area contributed by atoms with Crippen LogP contribution in [-0.2, 0) is 4.74 Å². The molecule has 0 aromatic heterocycles. The highest BCUT2D eigenvalue weighted by molar-refractivity contribution is 4.93. The highest BCUT2D eigenvalue weighted by Crippen LogP contribution is 2.42. The summed E-state index contributed by atoms with van der Waals surface area (Å²) < 4.78 is 6.48. The van der Waals surface area contributed by atoms with Crippen LogP contribution in [0, 0.1) is 11.8 Å². The number of hydrogen-bond acceptors (Lipinski definition) is 2. The van der Waals surface area contributed by atoms with Gasteiger partial charge < -0.3 is 10.1 Å².